The number of likely N-dealkylation sites (tertiary alicyclic amines) is 1. The SMILES string of the molecule is COCCn1c(=NC(=O)CS(=O)(=O)CC(=O)N2CCCC(C)C2)sc2cc(Br)ccc21. The van der Waals surface area contributed by atoms with E-state index in [2.05, 4.69) is 20.9 Å². The van der Waals surface area contributed by atoms with E-state index in [1.807, 2.05) is 29.7 Å². The number of piperidine rings is 1. The number of carbonyl (C=O) groups excluding carboxylic acids is 2. The molecular weight excluding hydrogens is 506 g/mol. The van der Waals surface area contributed by atoms with Crippen molar-refractivity contribution in [1.82, 2.24) is 9.47 Å². The number of nitrogens with zero attached hydrogens (tertiary/aromatic N) is 3. The quantitative estimate of drug-likeness (QED) is 0.545. The average molecular weight is 532 g/mol. The van der Waals surface area contributed by atoms with Crippen LogP contribution in [0.2, 0.25) is 0 Å². The first kappa shape index (κ1) is 24.1. The molecule has 1 aromatic heterocycles. The molecular formula is C20H26BrN3O5S2. The van der Waals surface area contributed by atoms with Crippen molar-refractivity contribution < 1.29 is 22.7 Å². The van der Waals surface area contributed by atoms with Gasteiger partial charge in [0.15, 0.2) is 14.6 Å². The highest BCUT2D eigenvalue weighted by molar-refractivity contribution is 9.10. The van der Waals surface area contributed by atoms with Gasteiger partial charge in [-0.1, -0.05) is 34.2 Å². The molecule has 0 aliphatic carbocycles. The third-order valence-electron chi connectivity index (χ3n) is 5.08. The first-order valence-corrected chi connectivity index (χ1v) is 13.4. The summed E-state index contributed by atoms with van der Waals surface area (Å²) in [7, 11) is -2.32. The molecule has 2 aromatic rings. The summed E-state index contributed by atoms with van der Waals surface area (Å²) in [5.74, 6) is -2.32. The molecule has 2 amide bonds. The summed E-state index contributed by atoms with van der Waals surface area (Å²) < 4.78 is 33.8. The molecule has 2 heterocycles. The number of hydrogen-bond donors (Lipinski definition) is 0. The molecule has 8 nitrogen and oxygen atoms in total. The predicted octanol–water partition coefficient (Wildman–Crippen LogP) is 2.21. The Morgan fingerprint density at radius 2 is 2.10 bits per heavy atom. The largest absolute Gasteiger partial charge is 0.383 e. The minimum Gasteiger partial charge on any atom is -0.383 e. The van der Waals surface area contributed by atoms with Crippen LogP contribution in [0.4, 0.5) is 0 Å². The summed E-state index contributed by atoms with van der Waals surface area (Å²) >= 11 is 4.73. The van der Waals surface area contributed by atoms with Crippen LogP contribution in [0.1, 0.15) is 19.8 Å². The van der Waals surface area contributed by atoms with Gasteiger partial charge in [-0.25, -0.2) is 8.42 Å². The Morgan fingerprint density at radius 3 is 2.81 bits per heavy atom. The van der Waals surface area contributed by atoms with Crippen molar-refractivity contribution in [3.63, 3.8) is 0 Å². The Balaban J connectivity index is 1.78. The minimum atomic E-state index is -3.90. The second-order valence-electron chi connectivity index (χ2n) is 7.77. The maximum Gasteiger partial charge on any atom is 0.263 e. The van der Waals surface area contributed by atoms with Crippen LogP contribution in [-0.4, -0.2) is 68.0 Å². The summed E-state index contributed by atoms with van der Waals surface area (Å²) in [6.45, 7) is 4.06. The fourth-order valence-electron chi connectivity index (χ4n) is 3.60. The number of thiazole rings is 1. The van der Waals surface area contributed by atoms with Crippen LogP contribution >= 0.6 is 27.3 Å². The van der Waals surface area contributed by atoms with Gasteiger partial charge in [-0.2, -0.15) is 4.99 Å². The first-order valence-electron chi connectivity index (χ1n) is 10.0. The lowest BCUT2D eigenvalue weighted by Gasteiger charge is -2.30. The highest BCUT2D eigenvalue weighted by Crippen LogP contribution is 2.22. The summed E-state index contributed by atoms with van der Waals surface area (Å²) in [6.07, 6.45) is 1.90. The molecule has 1 aromatic carbocycles. The maximum atomic E-state index is 12.5. The van der Waals surface area contributed by atoms with E-state index < -0.39 is 33.2 Å². The number of halogens is 1. The van der Waals surface area contributed by atoms with Crippen molar-refractivity contribution in [2.45, 2.75) is 26.3 Å². The van der Waals surface area contributed by atoms with E-state index in [9.17, 15) is 18.0 Å². The molecule has 0 bridgehead atoms. The van der Waals surface area contributed by atoms with Crippen LogP contribution in [0.5, 0.6) is 0 Å². The summed E-state index contributed by atoms with van der Waals surface area (Å²) in [5, 5.41) is 0. The van der Waals surface area contributed by atoms with Crippen LogP contribution < -0.4 is 4.80 Å². The number of benzene rings is 1. The first-order chi connectivity index (χ1) is 14.7. The monoisotopic (exact) mass is 531 g/mol. The molecule has 1 atom stereocenters. The lowest BCUT2D eigenvalue weighted by Crippen LogP contribution is -2.42. The van der Waals surface area contributed by atoms with Crippen LogP contribution in [0.15, 0.2) is 27.7 Å². The average Bonchev–Trinajstić information content (AvgIpc) is 3.01. The zero-order chi connectivity index (χ0) is 22.6. The normalized spacial score (nSPS) is 18.0. The number of carbonyl (C=O) groups is 2. The van der Waals surface area contributed by atoms with E-state index in [0.29, 0.717) is 37.0 Å². The van der Waals surface area contributed by atoms with Gasteiger partial charge in [0.05, 0.1) is 16.8 Å². The topological polar surface area (TPSA) is 98.0 Å². The molecule has 1 aliphatic heterocycles. The molecule has 0 N–H and O–H groups in total. The number of amides is 2. The number of hydrogen-bond acceptors (Lipinski definition) is 6. The molecule has 31 heavy (non-hydrogen) atoms. The van der Waals surface area contributed by atoms with Gasteiger partial charge in [-0.15, -0.1) is 0 Å². The van der Waals surface area contributed by atoms with Gasteiger partial charge in [0.1, 0.15) is 11.5 Å². The number of methoxy groups -OCH3 is 1. The van der Waals surface area contributed by atoms with Crippen LogP contribution in [0.25, 0.3) is 10.2 Å². The van der Waals surface area contributed by atoms with Crippen LogP contribution in [-0.2, 0) is 30.7 Å². The maximum absolute atomic E-state index is 12.5. The lowest BCUT2D eigenvalue weighted by molar-refractivity contribution is -0.130. The Bertz CT molecular complexity index is 1140. The third kappa shape index (κ3) is 6.47. The second-order valence-corrected chi connectivity index (χ2v) is 11.8. The fourth-order valence-corrected chi connectivity index (χ4v) is 6.33. The zero-order valence-electron chi connectivity index (χ0n) is 17.5. The Morgan fingerprint density at radius 1 is 1.32 bits per heavy atom. The molecule has 1 fully saturated rings. The Hall–Kier alpha value is -1.56. The van der Waals surface area contributed by atoms with E-state index in [1.165, 1.54) is 11.3 Å². The molecule has 0 radical (unpaired) electrons. The van der Waals surface area contributed by atoms with E-state index >= 15 is 0 Å². The molecule has 0 spiro atoms. The van der Waals surface area contributed by atoms with E-state index in [0.717, 1.165) is 27.5 Å². The van der Waals surface area contributed by atoms with Gasteiger partial charge in [0.25, 0.3) is 5.91 Å². The summed E-state index contributed by atoms with van der Waals surface area (Å²) in [4.78, 5) is 30.9. The number of ether oxygens (including phenoxy) is 1. The highest BCUT2D eigenvalue weighted by Gasteiger charge is 2.27. The van der Waals surface area contributed by atoms with Gasteiger partial charge in [-0.05, 0) is 37.0 Å². The van der Waals surface area contributed by atoms with Crippen molar-refractivity contribution in [1.29, 1.82) is 0 Å². The second kappa shape index (κ2) is 10.4. The van der Waals surface area contributed by atoms with E-state index in [-0.39, 0.29) is 0 Å². The lowest BCUT2D eigenvalue weighted by atomic mass is 10.0. The van der Waals surface area contributed by atoms with Gasteiger partial charge in [0, 0.05) is 31.2 Å². The molecule has 1 unspecified atom stereocenters. The smallest absolute Gasteiger partial charge is 0.263 e. The van der Waals surface area contributed by atoms with Gasteiger partial charge < -0.3 is 14.2 Å². The van der Waals surface area contributed by atoms with Crippen LogP contribution in [0.3, 0.4) is 0 Å². The molecule has 1 saturated heterocycles. The Labute approximate surface area is 194 Å². The summed E-state index contributed by atoms with van der Waals surface area (Å²) in [6, 6.07) is 5.72. The molecule has 3 rings (SSSR count). The van der Waals surface area contributed by atoms with Gasteiger partial charge in [-0.3, -0.25) is 9.59 Å². The van der Waals surface area contributed by atoms with Gasteiger partial charge in [0.2, 0.25) is 5.91 Å². The molecule has 1 aliphatic rings. The zero-order valence-corrected chi connectivity index (χ0v) is 20.8. The van der Waals surface area contributed by atoms with Gasteiger partial charge >= 0.3 is 0 Å². The summed E-state index contributed by atoms with van der Waals surface area (Å²) in [5.41, 5.74) is 0.883. The number of sulfone groups is 1. The molecule has 170 valence electrons. The number of aromatic nitrogens is 1. The highest BCUT2D eigenvalue weighted by atomic mass is 79.9. The standard InChI is InChI=1S/C20H26BrN3O5S2/c1-14-4-3-7-23(11-14)19(26)13-31(27,28)12-18(25)22-20-24(8-9-29-2)16-6-5-15(21)10-17(16)30-20/h5-6,10,14H,3-4,7-9,11-13H2,1-2H3. The predicted molar refractivity (Wildman–Crippen MR) is 124 cm³/mol. The third-order valence-corrected chi connectivity index (χ3v) is 7.99. The van der Waals surface area contributed by atoms with Crippen molar-refractivity contribution >= 4 is 59.1 Å². The Kier molecular flexibility index (Phi) is 8.06. The van der Waals surface area contributed by atoms with Crippen molar-refractivity contribution in [2.24, 2.45) is 10.9 Å². The number of rotatable bonds is 7. The van der Waals surface area contributed by atoms with E-state index in [4.69, 9.17) is 4.74 Å². The fraction of sp³-hybridized carbons (Fsp3) is 0.550. The van der Waals surface area contributed by atoms with Crippen LogP contribution in [0, 0.1) is 5.92 Å². The number of fused-ring (bicyclic) bond motifs is 1. The molecule has 11 heteroatoms. The van der Waals surface area contributed by atoms with Crippen molar-refractivity contribution in [2.75, 3.05) is 38.3 Å². The van der Waals surface area contributed by atoms with E-state index in [1.54, 1.807) is 12.0 Å². The minimum absolute atomic E-state index is 0.354. The van der Waals surface area contributed by atoms with Crippen molar-refractivity contribution in [3.8, 4) is 0 Å². The van der Waals surface area contributed by atoms with Crippen molar-refractivity contribution in [3.05, 3.63) is 27.5 Å². The molecule has 0 saturated carbocycles.